The van der Waals surface area contributed by atoms with Crippen LogP contribution in [0, 0.1) is 5.92 Å². The van der Waals surface area contributed by atoms with Gasteiger partial charge in [0, 0.05) is 11.9 Å². The molecule has 0 spiro atoms. The van der Waals surface area contributed by atoms with Crippen molar-refractivity contribution in [2.45, 2.75) is 49.8 Å². The van der Waals surface area contributed by atoms with Crippen LogP contribution in [-0.4, -0.2) is 59.8 Å². The van der Waals surface area contributed by atoms with Crippen LogP contribution in [0.3, 0.4) is 0 Å². The second-order valence-electron chi connectivity index (χ2n) is 10.1. The van der Waals surface area contributed by atoms with Gasteiger partial charge in [0.15, 0.2) is 0 Å². The molecule has 0 saturated carbocycles. The van der Waals surface area contributed by atoms with E-state index in [0.717, 1.165) is 0 Å². The molecule has 4 rings (SSSR count). The van der Waals surface area contributed by atoms with Crippen LogP contribution in [0.15, 0.2) is 72.1 Å². The lowest BCUT2D eigenvalue weighted by Gasteiger charge is -2.41. The number of aromatic nitrogens is 1. The number of para-hydroxylation sites is 1. The largest absolute Gasteiger partial charge is 0.469 e. The van der Waals surface area contributed by atoms with Crippen LogP contribution in [0.25, 0.3) is 10.9 Å². The summed E-state index contributed by atoms with van der Waals surface area (Å²) in [5.41, 5.74) is 0.398. The number of hydrogen-bond donors (Lipinski definition) is 1. The van der Waals surface area contributed by atoms with Gasteiger partial charge in [0.1, 0.15) is 11.5 Å². The average molecular weight is 541 g/mol. The molecule has 0 aliphatic carbocycles. The summed E-state index contributed by atoms with van der Waals surface area (Å²) in [6.07, 6.45) is -0.718. The van der Waals surface area contributed by atoms with Crippen LogP contribution in [0.2, 0.25) is 0 Å². The normalized spacial score (nSPS) is 17.4. The molecule has 3 aromatic rings. The van der Waals surface area contributed by atoms with Crippen molar-refractivity contribution in [1.29, 1.82) is 0 Å². The van der Waals surface area contributed by atoms with Crippen molar-refractivity contribution in [2.75, 3.05) is 13.7 Å². The molecule has 3 atom stereocenters. The fourth-order valence-corrected chi connectivity index (χ4v) is 6.57. The Labute approximate surface area is 222 Å². The summed E-state index contributed by atoms with van der Waals surface area (Å²) in [6.45, 7) is 8.88. The number of aliphatic hydroxyl groups is 1. The number of fused-ring (bicyclic) bond motifs is 3. The molecular weight excluding hydrogens is 508 g/mol. The maximum atomic E-state index is 14.2. The molecule has 202 valence electrons. The summed E-state index contributed by atoms with van der Waals surface area (Å²) >= 11 is 0. The summed E-state index contributed by atoms with van der Waals surface area (Å²) in [5.74, 6) is -2.20. The average Bonchev–Trinajstić information content (AvgIpc) is 3.23. The van der Waals surface area contributed by atoms with Crippen molar-refractivity contribution in [1.82, 2.24) is 8.87 Å². The highest BCUT2D eigenvalue weighted by Crippen LogP contribution is 2.44. The van der Waals surface area contributed by atoms with Gasteiger partial charge in [0.05, 0.1) is 35.4 Å². The summed E-state index contributed by atoms with van der Waals surface area (Å²) in [5, 5.41) is 11.6. The predicted octanol–water partition coefficient (Wildman–Crippen LogP) is 4.05. The van der Waals surface area contributed by atoms with Gasteiger partial charge in [0.2, 0.25) is 0 Å². The lowest BCUT2D eigenvalue weighted by molar-refractivity contribution is -0.152. The maximum Gasteiger partial charge on any atom is 0.410 e. The summed E-state index contributed by atoms with van der Waals surface area (Å²) in [4.78, 5) is 28.0. The first-order valence-corrected chi connectivity index (χ1v) is 13.7. The van der Waals surface area contributed by atoms with Crippen LogP contribution >= 0.6 is 0 Å². The van der Waals surface area contributed by atoms with Crippen molar-refractivity contribution >= 4 is 33.0 Å². The van der Waals surface area contributed by atoms with Gasteiger partial charge >= 0.3 is 12.1 Å². The molecule has 0 saturated heterocycles. The highest BCUT2D eigenvalue weighted by atomic mass is 32.2. The topological polar surface area (TPSA) is 115 Å². The Morgan fingerprint density at radius 3 is 2.34 bits per heavy atom. The Kier molecular flexibility index (Phi) is 7.40. The van der Waals surface area contributed by atoms with Gasteiger partial charge in [-0.2, -0.15) is 0 Å². The number of amides is 1. The van der Waals surface area contributed by atoms with Gasteiger partial charge in [-0.1, -0.05) is 42.5 Å². The third kappa shape index (κ3) is 4.81. The fraction of sp³-hybridized carbons (Fsp3) is 0.357. The Bertz CT molecular complexity index is 1470. The van der Waals surface area contributed by atoms with Gasteiger partial charge in [-0.15, -0.1) is 6.58 Å². The second kappa shape index (κ2) is 10.3. The molecule has 10 heteroatoms. The van der Waals surface area contributed by atoms with E-state index in [1.807, 2.05) is 6.07 Å². The van der Waals surface area contributed by atoms with Crippen LogP contribution in [-0.2, 0) is 30.7 Å². The van der Waals surface area contributed by atoms with Gasteiger partial charge in [-0.05, 0) is 51.0 Å². The Hall–Kier alpha value is -3.63. The van der Waals surface area contributed by atoms with Crippen molar-refractivity contribution < 1.29 is 32.6 Å². The highest BCUT2D eigenvalue weighted by molar-refractivity contribution is 7.90. The molecule has 1 aliphatic heterocycles. The van der Waals surface area contributed by atoms with E-state index < -0.39 is 45.8 Å². The van der Waals surface area contributed by atoms with Crippen molar-refractivity contribution in [2.24, 2.45) is 5.92 Å². The van der Waals surface area contributed by atoms with Crippen molar-refractivity contribution in [3.8, 4) is 0 Å². The Morgan fingerprint density at radius 2 is 1.74 bits per heavy atom. The number of carbonyl (C=O) groups excluding carboxylic acids is 2. The molecule has 2 heterocycles. The molecule has 0 bridgehead atoms. The van der Waals surface area contributed by atoms with Crippen LogP contribution < -0.4 is 0 Å². The Balaban J connectivity index is 2.09. The lowest BCUT2D eigenvalue weighted by atomic mass is 9.85. The highest BCUT2D eigenvalue weighted by Gasteiger charge is 2.48. The quantitative estimate of drug-likeness (QED) is 0.371. The third-order valence-electron chi connectivity index (χ3n) is 6.53. The molecule has 0 radical (unpaired) electrons. The minimum Gasteiger partial charge on any atom is -0.469 e. The predicted molar refractivity (Wildman–Crippen MR) is 142 cm³/mol. The van der Waals surface area contributed by atoms with E-state index in [2.05, 4.69) is 6.58 Å². The first kappa shape index (κ1) is 27.4. The van der Waals surface area contributed by atoms with Crippen molar-refractivity contribution in [3.63, 3.8) is 0 Å². The zero-order valence-electron chi connectivity index (χ0n) is 21.8. The fourth-order valence-electron chi connectivity index (χ4n) is 4.96. The molecule has 1 aliphatic rings. The lowest BCUT2D eigenvalue weighted by Crippen LogP contribution is -2.50. The number of methoxy groups -OCH3 is 1. The molecule has 1 N–H and O–H groups in total. The molecule has 38 heavy (non-hydrogen) atoms. The summed E-state index contributed by atoms with van der Waals surface area (Å²) in [7, 11) is -3.03. The number of aliphatic hydroxyl groups excluding tert-OH is 1. The van der Waals surface area contributed by atoms with E-state index >= 15 is 0 Å². The van der Waals surface area contributed by atoms with Crippen LogP contribution in [0.5, 0.6) is 0 Å². The number of benzene rings is 2. The summed E-state index contributed by atoms with van der Waals surface area (Å²) in [6, 6.07) is 13.7. The number of hydrogen-bond acceptors (Lipinski definition) is 7. The molecular formula is C28H32N2O7S. The smallest absolute Gasteiger partial charge is 0.410 e. The van der Waals surface area contributed by atoms with Gasteiger partial charge in [-0.25, -0.2) is 17.2 Å². The van der Waals surface area contributed by atoms with E-state index in [4.69, 9.17) is 9.47 Å². The molecule has 1 amide bonds. The van der Waals surface area contributed by atoms with E-state index in [-0.39, 0.29) is 17.1 Å². The molecule has 0 fully saturated rings. The minimum absolute atomic E-state index is 0.0376. The van der Waals surface area contributed by atoms with Gasteiger partial charge in [-0.3, -0.25) is 9.69 Å². The first-order valence-electron chi connectivity index (χ1n) is 12.2. The zero-order valence-corrected chi connectivity index (χ0v) is 22.6. The number of nitrogens with zero attached hydrogens (tertiary/aromatic N) is 2. The Morgan fingerprint density at radius 1 is 1.11 bits per heavy atom. The number of carbonyl (C=O) groups is 2. The summed E-state index contributed by atoms with van der Waals surface area (Å²) < 4.78 is 40.2. The number of ether oxygens (including phenoxy) is 2. The van der Waals surface area contributed by atoms with Crippen LogP contribution in [0.4, 0.5) is 4.79 Å². The monoisotopic (exact) mass is 540 g/mol. The van der Waals surface area contributed by atoms with E-state index in [9.17, 15) is 23.1 Å². The van der Waals surface area contributed by atoms with E-state index in [1.54, 1.807) is 57.2 Å². The van der Waals surface area contributed by atoms with Gasteiger partial charge < -0.3 is 14.6 Å². The number of esters is 1. The second-order valence-corrected chi connectivity index (χ2v) is 11.9. The third-order valence-corrected chi connectivity index (χ3v) is 8.27. The minimum atomic E-state index is -4.20. The van der Waals surface area contributed by atoms with E-state index in [1.165, 1.54) is 34.2 Å². The maximum absolute atomic E-state index is 14.2. The molecule has 2 aromatic carbocycles. The molecule has 3 unspecified atom stereocenters. The zero-order chi connectivity index (χ0) is 27.8. The van der Waals surface area contributed by atoms with Crippen LogP contribution in [0.1, 0.15) is 38.1 Å². The van der Waals surface area contributed by atoms with Crippen molar-refractivity contribution in [3.05, 3.63) is 78.5 Å². The molecule has 1 aromatic heterocycles. The van der Waals surface area contributed by atoms with E-state index in [0.29, 0.717) is 22.9 Å². The van der Waals surface area contributed by atoms with Gasteiger partial charge in [0.25, 0.3) is 10.0 Å². The first-order chi connectivity index (χ1) is 17.9. The number of rotatable bonds is 6. The molecule has 9 nitrogen and oxygen atoms in total. The SMILES string of the molecule is C=CC(O)C(C(=O)OC)C1c2c(c3ccccc3n2S(=O)(=O)c2ccccc2)CCN1C(=O)OC(C)(C)C. The standard InChI is InChI=1S/C28H32N2O7S/c1-6-22(31)23(26(32)36-5)25-24-20(16-17-29(25)27(33)37-28(2,3)4)19-14-10-11-15-21(19)30(24)38(34,35)18-12-8-7-9-13-18/h6-15,22-23,25,31H,1,16-17H2,2-5H3.